The van der Waals surface area contributed by atoms with Gasteiger partial charge in [-0.15, -0.1) is 0 Å². The van der Waals surface area contributed by atoms with E-state index in [1.165, 1.54) is 0 Å². The van der Waals surface area contributed by atoms with E-state index in [-0.39, 0.29) is 13.2 Å². The van der Waals surface area contributed by atoms with E-state index in [2.05, 4.69) is 0 Å². The Balaban J connectivity index is 0.993. The Kier molecular flexibility index (Phi) is 16.4. The third-order valence-corrected chi connectivity index (χ3v) is 15.5. The molecule has 0 radical (unpaired) electrons. The Labute approximate surface area is 466 Å². The van der Waals surface area contributed by atoms with Gasteiger partial charge in [-0.2, -0.15) is 0 Å². The first-order chi connectivity index (χ1) is 39.2. The second-order valence-electron chi connectivity index (χ2n) is 20.3. The normalized spacial score (nSPS) is 23.4. The van der Waals surface area contributed by atoms with Crippen molar-refractivity contribution in [1.29, 1.82) is 0 Å². The predicted octanol–water partition coefficient (Wildman–Crippen LogP) is 9.65. The Morgan fingerprint density at radius 1 is 0.312 bits per heavy atom. The minimum absolute atomic E-state index is 0.310. The highest BCUT2D eigenvalue weighted by Crippen LogP contribution is 2.47. The molecule has 2 aliphatic heterocycles. The lowest BCUT2D eigenvalue weighted by atomic mass is 9.80. The maximum Gasteiger partial charge on any atom is 0.224 e. The Morgan fingerprint density at radius 2 is 0.575 bits per heavy atom. The van der Waals surface area contributed by atoms with E-state index in [1.54, 1.807) is 0 Å². The van der Waals surface area contributed by atoms with Crippen molar-refractivity contribution >= 4 is 0 Å². The van der Waals surface area contributed by atoms with E-state index < -0.39 is 78.2 Å². The van der Waals surface area contributed by atoms with Crippen molar-refractivity contribution in [2.24, 2.45) is 0 Å². The molecule has 0 unspecified atom stereocenters. The molecule has 5 N–H and O–H groups in total. The molecular formula is C69H64O11. The number of hydrogen-bond donors (Lipinski definition) is 5. The van der Waals surface area contributed by atoms with Crippen LogP contribution in [-0.2, 0) is 45.2 Å². The van der Waals surface area contributed by atoms with E-state index in [4.69, 9.17) is 28.4 Å². The molecule has 2 aliphatic rings. The van der Waals surface area contributed by atoms with Crippen LogP contribution in [0.2, 0.25) is 0 Å². The molecule has 2 saturated heterocycles. The molecule has 9 aromatic carbocycles. The van der Waals surface area contributed by atoms with Crippen molar-refractivity contribution in [1.82, 2.24) is 0 Å². The highest BCUT2D eigenvalue weighted by atomic mass is 16.8. The van der Waals surface area contributed by atoms with Crippen molar-refractivity contribution < 1.29 is 54.0 Å². The molecule has 0 bridgehead atoms. The zero-order valence-electron chi connectivity index (χ0n) is 43.9. The van der Waals surface area contributed by atoms with Crippen LogP contribution in [0.3, 0.4) is 0 Å². The van der Waals surface area contributed by atoms with Gasteiger partial charge in [0.1, 0.15) is 66.1 Å². The molecule has 80 heavy (non-hydrogen) atoms. The summed E-state index contributed by atoms with van der Waals surface area (Å²) < 4.78 is 42.1. The first kappa shape index (κ1) is 54.5. The zero-order chi connectivity index (χ0) is 55.0. The van der Waals surface area contributed by atoms with Gasteiger partial charge in [0.05, 0.1) is 13.2 Å². The first-order valence-corrected chi connectivity index (χ1v) is 27.0. The highest BCUT2D eigenvalue weighted by Gasteiger charge is 2.61. The summed E-state index contributed by atoms with van der Waals surface area (Å²) in [6, 6.07) is 87.1. The van der Waals surface area contributed by atoms with Crippen LogP contribution >= 0.6 is 0 Å². The van der Waals surface area contributed by atoms with Gasteiger partial charge in [-0.3, -0.25) is 0 Å². The van der Waals surface area contributed by atoms with Crippen molar-refractivity contribution in [2.45, 2.75) is 71.6 Å². The van der Waals surface area contributed by atoms with E-state index in [0.29, 0.717) is 0 Å². The second kappa shape index (κ2) is 24.1. The highest BCUT2D eigenvalue weighted by molar-refractivity contribution is 5.50. The van der Waals surface area contributed by atoms with Crippen molar-refractivity contribution in [2.75, 3.05) is 19.8 Å². The average Bonchev–Trinajstić information content (AvgIpc) is 3.96. The van der Waals surface area contributed by atoms with Gasteiger partial charge < -0.3 is 54.0 Å². The molecule has 0 saturated carbocycles. The Hall–Kier alpha value is -7.46. The van der Waals surface area contributed by atoms with Crippen molar-refractivity contribution in [3.63, 3.8) is 0 Å². The molecule has 2 heterocycles. The van der Waals surface area contributed by atoms with Crippen molar-refractivity contribution in [3.05, 3.63) is 323 Å². The third-order valence-electron chi connectivity index (χ3n) is 15.5. The number of aliphatic hydroxyl groups excluding tert-OH is 5. The van der Waals surface area contributed by atoms with Crippen LogP contribution in [0.5, 0.6) is 0 Å². The molecule has 9 aromatic rings. The number of ether oxygens (including phenoxy) is 6. The molecule has 0 aromatic heterocycles. The molecule has 11 heteroatoms. The van der Waals surface area contributed by atoms with Crippen LogP contribution in [0, 0.1) is 0 Å². The summed E-state index contributed by atoms with van der Waals surface area (Å²) in [5.41, 5.74) is 3.00. The van der Waals surface area contributed by atoms with E-state index in [0.717, 1.165) is 50.1 Å². The lowest BCUT2D eigenvalue weighted by molar-refractivity contribution is -0.389. The van der Waals surface area contributed by atoms with Crippen LogP contribution < -0.4 is 0 Å². The first-order valence-electron chi connectivity index (χ1n) is 27.0. The van der Waals surface area contributed by atoms with Crippen LogP contribution in [0.4, 0.5) is 0 Å². The van der Waals surface area contributed by atoms with Crippen molar-refractivity contribution in [3.8, 4) is 0 Å². The number of hydrogen-bond acceptors (Lipinski definition) is 11. The van der Waals surface area contributed by atoms with Crippen LogP contribution in [0.15, 0.2) is 273 Å². The molecule has 0 spiro atoms. The van der Waals surface area contributed by atoms with Crippen LogP contribution in [0.25, 0.3) is 0 Å². The number of aliphatic hydroxyl groups is 5. The van der Waals surface area contributed by atoms with Gasteiger partial charge in [-0.05, 0) is 50.1 Å². The average molecular weight is 1070 g/mol. The van der Waals surface area contributed by atoms with Gasteiger partial charge >= 0.3 is 0 Å². The van der Waals surface area contributed by atoms with E-state index in [9.17, 15) is 25.5 Å². The summed E-state index contributed by atoms with van der Waals surface area (Å²) in [7, 11) is 0. The van der Waals surface area contributed by atoms with Crippen LogP contribution in [-0.4, -0.2) is 100 Å². The van der Waals surface area contributed by atoms with Gasteiger partial charge in [0.25, 0.3) is 0 Å². The minimum atomic E-state index is -2.38. The smallest absolute Gasteiger partial charge is 0.224 e. The quantitative estimate of drug-likeness (QED) is 0.0464. The zero-order valence-corrected chi connectivity index (χ0v) is 43.9. The summed E-state index contributed by atoms with van der Waals surface area (Å²) in [4.78, 5) is 0. The standard InChI is InChI=1S/C69H64O11/c70-60-58(46-75-67(49-28-10-1-11-29-49,50-30-12-2-13-31-50)51-32-14-3-15-33-51)78-65(63(73)62(60)72)80-66(48-77-69(55-40-22-7-23-41-55,56-42-24-8-25-43-56)57-44-26-9-27-45-57)64(74)61(71)59(79-66)47-76-68(52-34-16-4-17-35-52,53-36-18-5-19-37-53)54-38-20-6-21-39-54/h1-45,58-65,70-74H,46-48H2/t58-,59+,60-,61-,62-,63-,64-,65-,66+/m0/s1. The van der Waals surface area contributed by atoms with Gasteiger partial charge in [-0.1, -0.05) is 273 Å². The Bertz CT molecular complexity index is 3020. The fourth-order valence-electron chi connectivity index (χ4n) is 11.5. The molecule has 406 valence electrons. The summed E-state index contributed by atoms with van der Waals surface area (Å²) in [6.07, 6.45) is -13.6. The summed E-state index contributed by atoms with van der Waals surface area (Å²) in [5, 5.41) is 61.2. The molecule has 11 rings (SSSR count). The van der Waals surface area contributed by atoms with E-state index in [1.807, 2.05) is 273 Å². The maximum absolute atomic E-state index is 12.8. The number of rotatable bonds is 20. The summed E-state index contributed by atoms with van der Waals surface area (Å²) >= 11 is 0. The largest absolute Gasteiger partial charge is 0.387 e. The Morgan fingerprint density at radius 3 is 0.863 bits per heavy atom. The summed E-state index contributed by atoms with van der Waals surface area (Å²) in [6.45, 7) is -1.25. The predicted molar refractivity (Wildman–Crippen MR) is 303 cm³/mol. The van der Waals surface area contributed by atoms with Gasteiger partial charge in [0.15, 0.2) is 6.29 Å². The molecule has 9 atom stereocenters. The molecule has 0 amide bonds. The fourth-order valence-corrected chi connectivity index (χ4v) is 11.5. The molecular weight excluding hydrogens is 1000 g/mol. The van der Waals surface area contributed by atoms with Gasteiger partial charge in [-0.25, -0.2) is 0 Å². The number of benzene rings is 9. The van der Waals surface area contributed by atoms with Gasteiger partial charge in [0.2, 0.25) is 5.79 Å². The topological polar surface area (TPSA) is 157 Å². The molecule has 0 aliphatic carbocycles. The fraction of sp³-hybridized carbons (Fsp3) is 0.217. The lowest BCUT2D eigenvalue weighted by Gasteiger charge is -2.46. The maximum atomic E-state index is 12.8. The second-order valence-corrected chi connectivity index (χ2v) is 20.3. The summed E-state index contributed by atoms with van der Waals surface area (Å²) in [5.74, 6) is -2.38. The van der Waals surface area contributed by atoms with Gasteiger partial charge in [0, 0.05) is 0 Å². The SMILES string of the molecule is O[C@@H]1[C@H](O)[C@H](O[C@@]2(COC(c3ccccc3)(c3ccccc3)c3ccccc3)O[C@H](COC(c3ccccc3)(c3ccccc3)c3ccccc3)[C@H](O)[C@@H]2O)O[C@@H](COC(c2ccccc2)(c2ccccc2)c2ccccc2)[C@@H]1O. The monoisotopic (exact) mass is 1070 g/mol. The third kappa shape index (κ3) is 10.4. The minimum Gasteiger partial charge on any atom is -0.387 e. The van der Waals surface area contributed by atoms with Crippen LogP contribution in [0.1, 0.15) is 50.1 Å². The molecule has 2 fully saturated rings. The van der Waals surface area contributed by atoms with E-state index >= 15 is 0 Å². The lowest BCUT2D eigenvalue weighted by Crippen LogP contribution is -2.63. The molecule has 11 nitrogen and oxygen atoms in total.